The Labute approximate surface area is 147 Å². The molecule has 0 saturated carbocycles. The van der Waals surface area contributed by atoms with Crippen molar-refractivity contribution < 1.29 is 14.3 Å². The molecular weight excluding hydrogens is 322 g/mol. The summed E-state index contributed by atoms with van der Waals surface area (Å²) in [5.74, 6) is 1.41. The molecule has 1 aromatic heterocycles. The van der Waals surface area contributed by atoms with Crippen LogP contribution in [0.4, 0.5) is 11.5 Å². The van der Waals surface area contributed by atoms with Gasteiger partial charge in [0, 0.05) is 30.9 Å². The smallest absolute Gasteiger partial charge is 0.274 e. The predicted molar refractivity (Wildman–Crippen MR) is 96.6 cm³/mol. The third-order valence-corrected chi connectivity index (χ3v) is 3.41. The summed E-state index contributed by atoms with van der Waals surface area (Å²) in [5, 5.41) is 5.94. The molecule has 8 nitrogen and oxygen atoms in total. The van der Waals surface area contributed by atoms with Gasteiger partial charge in [-0.05, 0) is 26.2 Å². The Hall–Kier alpha value is -2.87. The summed E-state index contributed by atoms with van der Waals surface area (Å²) in [7, 11) is 7.08. The van der Waals surface area contributed by atoms with Crippen LogP contribution in [0.5, 0.6) is 11.5 Å². The summed E-state index contributed by atoms with van der Waals surface area (Å²) in [4.78, 5) is 22.6. The average molecular weight is 345 g/mol. The van der Waals surface area contributed by atoms with Crippen LogP contribution in [0.25, 0.3) is 0 Å². The summed E-state index contributed by atoms with van der Waals surface area (Å²) < 4.78 is 10.4. The second kappa shape index (κ2) is 8.84. The molecule has 0 spiro atoms. The third kappa shape index (κ3) is 5.32. The normalized spacial score (nSPS) is 10.4. The van der Waals surface area contributed by atoms with Crippen LogP contribution in [0, 0.1) is 0 Å². The van der Waals surface area contributed by atoms with Gasteiger partial charge in [-0.2, -0.15) is 0 Å². The van der Waals surface area contributed by atoms with Gasteiger partial charge in [-0.15, -0.1) is 0 Å². The van der Waals surface area contributed by atoms with Gasteiger partial charge in [-0.1, -0.05) is 0 Å². The molecule has 0 radical (unpaired) electrons. The van der Waals surface area contributed by atoms with Gasteiger partial charge in [0.15, 0.2) is 11.5 Å². The van der Waals surface area contributed by atoms with Crippen molar-refractivity contribution in [1.29, 1.82) is 0 Å². The van der Waals surface area contributed by atoms with Gasteiger partial charge in [0.1, 0.15) is 17.8 Å². The zero-order valence-electron chi connectivity index (χ0n) is 14.9. The zero-order valence-corrected chi connectivity index (χ0v) is 14.9. The first-order chi connectivity index (χ1) is 12.0. The van der Waals surface area contributed by atoms with E-state index in [4.69, 9.17) is 9.47 Å². The number of benzene rings is 1. The monoisotopic (exact) mass is 345 g/mol. The third-order valence-electron chi connectivity index (χ3n) is 3.41. The highest BCUT2D eigenvalue weighted by molar-refractivity contribution is 6.03. The molecule has 0 fully saturated rings. The molecule has 25 heavy (non-hydrogen) atoms. The number of nitrogens with one attached hydrogen (secondary N) is 2. The van der Waals surface area contributed by atoms with Crippen LogP contribution in [-0.4, -0.2) is 62.2 Å². The fraction of sp³-hybridized carbons (Fsp3) is 0.353. The minimum Gasteiger partial charge on any atom is -0.493 e. The number of anilines is 2. The molecule has 1 amide bonds. The first kappa shape index (κ1) is 18.5. The number of ether oxygens (including phenoxy) is 2. The summed E-state index contributed by atoms with van der Waals surface area (Å²) >= 11 is 0. The Morgan fingerprint density at radius 2 is 1.88 bits per heavy atom. The summed E-state index contributed by atoms with van der Waals surface area (Å²) in [6.07, 6.45) is 1.36. The Balaban J connectivity index is 2.05. The maximum Gasteiger partial charge on any atom is 0.274 e. The Morgan fingerprint density at radius 3 is 2.56 bits per heavy atom. The molecule has 0 saturated heterocycles. The van der Waals surface area contributed by atoms with Crippen LogP contribution in [0.2, 0.25) is 0 Å². The summed E-state index contributed by atoms with van der Waals surface area (Å²) in [6, 6.07) is 6.76. The molecule has 0 atom stereocenters. The fourth-order valence-electron chi connectivity index (χ4n) is 2.09. The lowest BCUT2D eigenvalue weighted by Gasteiger charge is -2.12. The Bertz CT molecular complexity index is 721. The maximum absolute atomic E-state index is 12.4. The molecule has 2 rings (SSSR count). The quantitative estimate of drug-likeness (QED) is 0.753. The number of aromatic nitrogens is 2. The molecular formula is C17H23N5O3. The highest BCUT2D eigenvalue weighted by Gasteiger charge is 2.11. The van der Waals surface area contributed by atoms with Crippen molar-refractivity contribution in [3.8, 4) is 11.5 Å². The molecule has 1 heterocycles. The van der Waals surface area contributed by atoms with Crippen molar-refractivity contribution in [1.82, 2.24) is 14.9 Å². The highest BCUT2D eigenvalue weighted by Crippen LogP contribution is 2.29. The number of methoxy groups -OCH3 is 2. The van der Waals surface area contributed by atoms with Crippen molar-refractivity contribution >= 4 is 17.4 Å². The average Bonchev–Trinajstić information content (AvgIpc) is 2.61. The second-order valence-corrected chi connectivity index (χ2v) is 5.54. The molecule has 0 aliphatic carbocycles. The van der Waals surface area contributed by atoms with E-state index in [2.05, 4.69) is 25.5 Å². The standard InChI is InChI=1S/C17H23N5O3/c1-22(2)8-7-18-16-10-13(19-11-20-16)17(23)21-12-5-6-14(24-3)15(9-12)25-4/h5-6,9-11H,7-8H2,1-4H3,(H,21,23)(H,18,19,20). The Kier molecular flexibility index (Phi) is 6.53. The fourth-order valence-corrected chi connectivity index (χ4v) is 2.09. The molecule has 134 valence electrons. The molecule has 2 aromatic rings. The lowest BCUT2D eigenvalue weighted by Crippen LogP contribution is -2.21. The van der Waals surface area contributed by atoms with Gasteiger partial charge in [-0.25, -0.2) is 9.97 Å². The van der Waals surface area contributed by atoms with Gasteiger partial charge < -0.3 is 25.0 Å². The maximum atomic E-state index is 12.4. The first-order valence-electron chi connectivity index (χ1n) is 7.77. The van der Waals surface area contributed by atoms with E-state index in [1.807, 2.05) is 14.1 Å². The minimum atomic E-state index is -0.328. The minimum absolute atomic E-state index is 0.275. The number of amides is 1. The molecule has 1 aromatic carbocycles. The van der Waals surface area contributed by atoms with Crippen molar-refractivity contribution in [3.63, 3.8) is 0 Å². The summed E-state index contributed by atoms with van der Waals surface area (Å²) in [6.45, 7) is 1.58. The van der Waals surface area contributed by atoms with Gasteiger partial charge in [0.05, 0.1) is 14.2 Å². The first-order valence-corrected chi connectivity index (χ1v) is 7.77. The number of nitrogens with zero attached hydrogens (tertiary/aromatic N) is 3. The van der Waals surface area contributed by atoms with Gasteiger partial charge in [0.2, 0.25) is 0 Å². The molecule has 0 bridgehead atoms. The number of carbonyl (C=O) groups excluding carboxylic acids is 1. The molecule has 0 unspecified atom stereocenters. The van der Waals surface area contributed by atoms with Crippen molar-refractivity contribution in [2.24, 2.45) is 0 Å². The lowest BCUT2D eigenvalue weighted by molar-refractivity contribution is 0.102. The number of hydrogen-bond donors (Lipinski definition) is 2. The van der Waals surface area contributed by atoms with Gasteiger partial charge in [-0.3, -0.25) is 4.79 Å². The van der Waals surface area contributed by atoms with E-state index >= 15 is 0 Å². The molecule has 8 heteroatoms. The van der Waals surface area contributed by atoms with E-state index in [9.17, 15) is 4.79 Å². The van der Waals surface area contributed by atoms with Crippen LogP contribution >= 0.6 is 0 Å². The van der Waals surface area contributed by atoms with E-state index in [1.54, 1.807) is 38.5 Å². The summed E-state index contributed by atoms with van der Waals surface area (Å²) in [5.41, 5.74) is 0.862. The number of likely N-dealkylation sites (N-methyl/N-ethyl adjacent to an activating group) is 1. The topological polar surface area (TPSA) is 88.6 Å². The van der Waals surface area contributed by atoms with E-state index in [1.165, 1.54) is 6.33 Å². The van der Waals surface area contributed by atoms with E-state index < -0.39 is 0 Å². The van der Waals surface area contributed by atoms with Crippen LogP contribution in [0.15, 0.2) is 30.6 Å². The van der Waals surface area contributed by atoms with Crippen molar-refractivity contribution in [3.05, 3.63) is 36.3 Å². The van der Waals surface area contributed by atoms with E-state index in [0.29, 0.717) is 23.0 Å². The van der Waals surface area contributed by atoms with Crippen LogP contribution in [-0.2, 0) is 0 Å². The van der Waals surface area contributed by atoms with Crippen molar-refractivity contribution in [2.45, 2.75) is 0 Å². The van der Waals surface area contributed by atoms with Crippen LogP contribution in [0.3, 0.4) is 0 Å². The Morgan fingerprint density at radius 1 is 1.12 bits per heavy atom. The van der Waals surface area contributed by atoms with E-state index in [0.717, 1.165) is 13.1 Å². The molecule has 2 N–H and O–H groups in total. The SMILES string of the molecule is COc1ccc(NC(=O)c2cc(NCCN(C)C)ncn2)cc1OC. The van der Waals surface area contributed by atoms with Crippen LogP contribution < -0.4 is 20.1 Å². The number of carbonyl (C=O) groups is 1. The predicted octanol–water partition coefficient (Wildman–Crippen LogP) is 1.72. The van der Waals surface area contributed by atoms with Crippen molar-refractivity contribution in [2.75, 3.05) is 52.0 Å². The molecule has 0 aliphatic heterocycles. The highest BCUT2D eigenvalue weighted by atomic mass is 16.5. The van der Waals surface area contributed by atoms with Crippen LogP contribution in [0.1, 0.15) is 10.5 Å². The number of hydrogen-bond acceptors (Lipinski definition) is 7. The largest absolute Gasteiger partial charge is 0.493 e. The second-order valence-electron chi connectivity index (χ2n) is 5.54. The van der Waals surface area contributed by atoms with E-state index in [-0.39, 0.29) is 11.6 Å². The molecule has 0 aliphatic rings. The number of rotatable bonds is 8. The van der Waals surface area contributed by atoms with Gasteiger partial charge in [0.25, 0.3) is 5.91 Å². The lowest BCUT2D eigenvalue weighted by atomic mass is 10.2. The van der Waals surface area contributed by atoms with Gasteiger partial charge >= 0.3 is 0 Å². The zero-order chi connectivity index (χ0) is 18.2.